The Balaban J connectivity index is 1.90. The monoisotopic (exact) mass is 568 g/mol. The van der Waals surface area contributed by atoms with Crippen molar-refractivity contribution in [3.8, 4) is 0 Å². The second-order valence-electron chi connectivity index (χ2n) is 13.7. The van der Waals surface area contributed by atoms with E-state index in [0.717, 1.165) is 19.3 Å². The molecule has 0 fully saturated rings. The highest BCUT2D eigenvalue weighted by Gasteiger charge is 2.34. The summed E-state index contributed by atoms with van der Waals surface area (Å²) in [5.41, 5.74) is 8.73. The van der Waals surface area contributed by atoms with Gasteiger partial charge in [0.25, 0.3) is 0 Å². The number of hydrogen-bond acceptors (Lipinski definition) is 2. The first-order chi connectivity index (χ1) is 19.6. The van der Waals surface area contributed by atoms with Crippen LogP contribution >= 0.6 is 0 Å². The lowest BCUT2D eigenvalue weighted by Crippen LogP contribution is -2.32. The Labute approximate surface area is 257 Å². The van der Waals surface area contributed by atoms with Gasteiger partial charge in [-0.2, -0.15) is 0 Å². The van der Waals surface area contributed by atoms with Gasteiger partial charge in [0.05, 0.1) is 12.2 Å². The molecule has 0 aromatic heterocycles. The average Bonchev–Trinajstić information content (AvgIpc) is 2.84. The van der Waals surface area contributed by atoms with E-state index in [1.165, 1.54) is 39.0 Å². The minimum absolute atomic E-state index is 0.00528. The van der Waals surface area contributed by atoms with Crippen LogP contribution in [0.15, 0.2) is 130 Å². The second-order valence-corrected chi connectivity index (χ2v) is 13.7. The largest absolute Gasteiger partial charge is 0.393 e. The van der Waals surface area contributed by atoms with Crippen molar-refractivity contribution in [3.05, 3.63) is 130 Å². The molecular weight excluding hydrogens is 512 g/mol. The lowest BCUT2D eigenvalue weighted by Gasteiger charge is -2.38. The lowest BCUT2D eigenvalue weighted by molar-refractivity contribution is 0.116. The summed E-state index contributed by atoms with van der Waals surface area (Å²) in [6.45, 7) is 21.6. The molecule has 0 radical (unpaired) electrons. The molecule has 42 heavy (non-hydrogen) atoms. The molecule has 0 unspecified atom stereocenters. The van der Waals surface area contributed by atoms with Gasteiger partial charge in [-0.3, -0.25) is 0 Å². The maximum absolute atomic E-state index is 10.1. The first-order valence-electron chi connectivity index (χ1n) is 15.4. The normalized spacial score (nSPS) is 26.6. The Morgan fingerprint density at radius 1 is 0.714 bits per heavy atom. The lowest BCUT2D eigenvalue weighted by atomic mass is 9.67. The van der Waals surface area contributed by atoms with E-state index in [1.54, 1.807) is 0 Å². The molecule has 2 rings (SSSR count). The standard InChI is InChI=1S/C40H56O2/c1-29(17-13-19-31(3)21-23-37-33(5)25-35(41)27-39(37,7)8)15-11-12-16-30(2)18-14-20-32(4)22-24-38-34(6)26-36(42)28-40(38,9)10/h11-25,35-37,41-42H,26-28H2,1-10H3/b12-11+,17-13+,18-14+,23-21-,24-22+,29-15+,30-16-,31-19+,32-20+/t35-,36-,37-/m0/s1. The highest BCUT2D eigenvalue weighted by atomic mass is 16.3. The second kappa shape index (κ2) is 16.1. The third kappa shape index (κ3) is 11.7. The van der Waals surface area contributed by atoms with Crippen LogP contribution in [-0.4, -0.2) is 22.4 Å². The van der Waals surface area contributed by atoms with E-state index in [2.05, 4.69) is 154 Å². The first-order valence-corrected chi connectivity index (χ1v) is 15.4. The van der Waals surface area contributed by atoms with E-state index in [9.17, 15) is 10.2 Å². The predicted octanol–water partition coefficient (Wildman–Crippen LogP) is 10.4. The third-order valence-corrected chi connectivity index (χ3v) is 8.33. The van der Waals surface area contributed by atoms with E-state index in [1.807, 2.05) is 6.08 Å². The molecule has 0 aromatic carbocycles. The molecule has 0 bridgehead atoms. The van der Waals surface area contributed by atoms with Crippen molar-refractivity contribution in [3.63, 3.8) is 0 Å². The van der Waals surface area contributed by atoms with Gasteiger partial charge in [0, 0.05) is 5.92 Å². The molecule has 0 spiro atoms. The summed E-state index contributed by atoms with van der Waals surface area (Å²) in [6.07, 6.45) is 33.8. The van der Waals surface area contributed by atoms with Crippen molar-refractivity contribution in [1.82, 2.24) is 0 Å². The van der Waals surface area contributed by atoms with Crippen LogP contribution in [0.25, 0.3) is 0 Å². The fourth-order valence-corrected chi connectivity index (χ4v) is 6.14. The van der Waals surface area contributed by atoms with Crippen LogP contribution in [0.3, 0.4) is 0 Å². The summed E-state index contributed by atoms with van der Waals surface area (Å²) in [6, 6.07) is 0. The fourth-order valence-electron chi connectivity index (χ4n) is 6.14. The molecule has 0 aliphatic heterocycles. The molecule has 228 valence electrons. The molecule has 2 N–H and O–H groups in total. The summed E-state index contributed by atoms with van der Waals surface area (Å²) >= 11 is 0. The Kier molecular flexibility index (Phi) is 13.5. The van der Waals surface area contributed by atoms with Crippen LogP contribution in [0.4, 0.5) is 0 Å². The van der Waals surface area contributed by atoms with Crippen LogP contribution in [-0.2, 0) is 0 Å². The van der Waals surface area contributed by atoms with Crippen molar-refractivity contribution in [2.75, 3.05) is 0 Å². The Morgan fingerprint density at radius 3 is 1.74 bits per heavy atom. The van der Waals surface area contributed by atoms with E-state index < -0.39 is 0 Å². The molecule has 2 aliphatic carbocycles. The molecule has 2 nitrogen and oxygen atoms in total. The number of rotatable bonds is 10. The molecule has 0 aromatic rings. The minimum Gasteiger partial charge on any atom is -0.393 e. The van der Waals surface area contributed by atoms with Gasteiger partial charge in [-0.15, -0.1) is 0 Å². The smallest absolute Gasteiger partial charge is 0.0729 e. The van der Waals surface area contributed by atoms with Crippen molar-refractivity contribution in [2.45, 2.75) is 101 Å². The van der Waals surface area contributed by atoms with Gasteiger partial charge < -0.3 is 10.2 Å². The van der Waals surface area contributed by atoms with Crippen LogP contribution in [0.5, 0.6) is 0 Å². The highest BCUT2D eigenvalue weighted by Crippen LogP contribution is 2.42. The number of allylic oxidation sites excluding steroid dienone is 20. The van der Waals surface area contributed by atoms with Gasteiger partial charge in [0.15, 0.2) is 0 Å². The zero-order chi connectivity index (χ0) is 31.5. The summed E-state index contributed by atoms with van der Waals surface area (Å²) < 4.78 is 0. The van der Waals surface area contributed by atoms with Gasteiger partial charge >= 0.3 is 0 Å². The zero-order valence-corrected chi connectivity index (χ0v) is 27.9. The topological polar surface area (TPSA) is 40.5 Å². The predicted molar refractivity (Wildman–Crippen MR) is 184 cm³/mol. The van der Waals surface area contributed by atoms with E-state index in [0.29, 0.717) is 5.92 Å². The Bertz CT molecular complexity index is 1270. The summed E-state index contributed by atoms with van der Waals surface area (Å²) in [5.74, 6) is 0.348. The van der Waals surface area contributed by atoms with E-state index in [4.69, 9.17) is 0 Å². The van der Waals surface area contributed by atoms with Gasteiger partial charge in [0.1, 0.15) is 0 Å². The van der Waals surface area contributed by atoms with Gasteiger partial charge in [0.2, 0.25) is 0 Å². The zero-order valence-electron chi connectivity index (χ0n) is 27.9. The van der Waals surface area contributed by atoms with Gasteiger partial charge in [-0.1, -0.05) is 152 Å². The third-order valence-electron chi connectivity index (χ3n) is 8.33. The van der Waals surface area contributed by atoms with Crippen LogP contribution in [0.1, 0.15) is 88.5 Å². The van der Waals surface area contributed by atoms with Gasteiger partial charge in [-0.25, -0.2) is 0 Å². The molecule has 0 saturated heterocycles. The number of aliphatic hydroxyl groups excluding tert-OH is 2. The van der Waals surface area contributed by atoms with Crippen molar-refractivity contribution >= 4 is 0 Å². The summed E-state index contributed by atoms with van der Waals surface area (Å²) in [7, 11) is 0. The molecular formula is C40H56O2. The van der Waals surface area contributed by atoms with Gasteiger partial charge in [-0.05, 0) is 77.2 Å². The van der Waals surface area contributed by atoms with Crippen LogP contribution < -0.4 is 0 Å². The number of hydrogen-bond donors (Lipinski definition) is 2. The average molecular weight is 569 g/mol. The van der Waals surface area contributed by atoms with Crippen molar-refractivity contribution in [2.24, 2.45) is 16.7 Å². The molecule has 0 heterocycles. The summed E-state index contributed by atoms with van der Waals surface area (Å²) in [5, 5.41) is 20.2. The van der Waals surface area contributed by atoms with Crippen molar-refractivity contribution < 1.29 is 10.2 Å². The SMILES string of the molecule is CC1=C[C@H](O)CC(C)(C)[C@H]1\C=C/C(C)=C/C=C/C(C)=C/C=C/C=C(C)\C=C\C=C(C)\C=C\C1=C(C)C[C@H](O)CC1(C)C. The maximum Gasteiger partial charge on any atom is 0.0729 e. The maximum atomic E-state index is 10.1. The Morgan fingerprint density at radius 2 is 1.21 bits per heavy atom. The molecule has 2 aliphatic rings. The van der Waals surface area contributed by atoms with E-state index in [-0.39, 0.29) is 23.0 Å². The quantitative estimate of drug-likeness (QED) is 0.203. The van der Waals surface area contributed by atoms with E-state index >= 15 is 0 Å². The minimum atomic E-state index is -0.331. The first kappa shape index (κ1) is 35.3. The molecule has 3 atom stereocenters. The van der Waals surface area contributed by atoms with Crippen LogP contribution in [0.2, 0.25) is 0 Å². The summed E-state index contributed by atoms with van der Waals surface area (Å²) in [4.78, 5) is 0. The van der Waals surface area contributed by atoms with Crippen molar-refractivity contribution in [1.29, 1.82) is 0 Å². The molecule has 0 saturated carbocycles. The van der Waals surface area contributed by atoms with Crippen LogP contribution in [0, 0.1) is 16.7 Å². The molecule has 2 heteroatoms. The molecule has 0 amide bonds. The fraction of sp³-hybridized carbons (Fsp3) is 0.450. The highest BCUT2D eigenvalue weighted by molar-refractivity contribution is 5.38. The Hall–Kier alpha value is -2.94. The number of aliphatic hydroxyl groups is 2.